The zero-order valence-electron chi connectivity index (χ0n) is 25.2. The van der Waals surface area contributed by atoms with Crippen LogP contribution >= 0.6 is 0 Å². The Kier molecular flexibility index (Phi) is 9.90. The first-order chi connectivity index (χ1) is 21.2. The summed E-state index contributed by atoms with van der Waals surface area (Å²) in [4.78, 5) is 26.9. The number of fused-ring (bicyclic) bond motifs is 1. The third-order valence-corrected chi connectivity index (χ3v) is 8.08. The minimum atomic E-state index is -2.55. The largest absolute Gasteiger partial charge is 0.497 e. The summed E-state index contributed by atoms with van der Waals surface area (Å²) >= 11 is -2.55. The molecule has 1 saturated heterocycles. The van der Waals surface area contributed by atoms with E-state index in [1.165, 1.54) is 0 Å². The number of carbonyl (C=O) groups excluding carboxylic acids is 1. The van der Waals surface area contributed by atoms with Crippen LogP contribution in [0.15, 0.2) is 66.7 Å². The molecule has 1 aliphatic rings. The van der Waals surface area contributed by atoms with Gasteiger partial charge >= 0.3 is 0 Å². The van der Waals surface area contributed by atoms with Crippen LogP contribution in [0.25, 0.3) is 11.0 Å². The zero-order chi connectivity index (χ0) is 31.2. The molecular weight excluding hydrogens is 582 g/mol. The quantitative estimate of drug-likeness (QED) is 0.204. The molecule has 0 saturated carbocycles. The number of benzene rings is 3. The van der Waals surface area contributed by atoms with Crippen LogP contribution in [-0.4, -0.2) is 87.4 Å². The second kappa shape index (κ2) is 14.0. The van der Waals surface area contributed by atoms with Crippen molar-refractivity contribution < 1.29 is 23.0 Å². The number of amides is 1. The number of piperazine rings is 1. The Bertz CT molecular complexity index is 1620. The second-order valence-electron chi connectivity index (χ2n) is 10.6. The molecule has 12 nitrogen and oxygen atoms in total. The number of nitrogens with zero attached hydrogens (tertiary/aromatic N) is 5. The lowest BCUT2D eigenvalue weighted by molar-refractivity contribution is -0.117. The van der Waals surface area contributed by atoms with E-state index in [-0.39, 0.29) is 24.1 Å². The molecule has 0 spiro atoms. The van der Waals surface area contributed by atoms with Crippen molar-refractivity contribution in [2.75, 3.05) is 61.9 Å². The Labute approximate surface area is 259 Å². The fraction of sp³-hybridized carbons (Fsp3) is 0.323. The van der Waals surface area contributed by atoms with Crippen molar-refractivity contribution in [1.82, 2.24) is 19.8 Å². The highest BCUT2D eigenvalue weighted by atomic mass is 32.2. The Morgan fingerprint density at radius 3 is 2.20 bits per heavy atom. The van der Waals surface area contributed by atoms with E-state index in [9.17, 15) is 13.6 Å². The van der Waals surface area contributed by atoms with Crippen molar-refractivity contribution in [2.45, 2.75) is 19.9 Å². The Hall–Kier alpha value is -4.30. The van der Waals surface area contributed by atoms with Crippen molar-refractivity contribution in [3.8, 4) is 11.5 Å². The highest BCUT2D eigenvalue weighted by Crippen LogP contribution is 2.36. The molecular formula is C31H37N7O5S. The van der Waals surface area contributed by atoms with Crippen LogP contribution in [0, 0.1) is 0 Å². The first-order valence-corrected chi connectivity index (χ1v) is 15.3. The first-order valence-electron chi connectivity index (χ1n) is 14.3. The van der Waals surface area contributed by atoms with Gasteiger partial charge in [0, 0.05) is 61.8 Å². The summed E-state index contributed by atoms with van der Waals surface area (Å²) in [6.45, 7) is 8.09. The summed E-state index contributed by atoms with van der Waals surface area (Å²) in [6.07, 6.45) is 0. The monoisotopic (exact) mass is 619 g/mol. The predicted molar refractivity (Wildman–Crippen MR) is 173 cm³/mol. The minimum Gasteiger partial charge on any atom is -0.497 e. The Morgan fingerprint density at radius 1 is 0.932 bits per heavy atom. The van der Waals surface area contributed by atoms with Crippen molar-refractivity contribution in [3.63, 3.8) is 0 Å². The van der Waals surface area contributed by atoms with E-state index in [1.807, 2.05) is 18.2 Å². The van der Waals surface area contributed by atoms with Crippen molar-refractivity contribution in [1.29, 1.82) is 0 Å². The number of ether oxygens (including phenoxy) is 2. The van der Waals surface area contributed by atoms with Crippen molar-refractivity contribution in [2.24, 2.45) is 0 Å². The molecule has 1 aliphatic heterocycles. The molecule has 3 N–H and O–H groups in total. The topological polar surface area (TPSA) is 132 Å². The normalized spacial score (nSPS) is 14.8. The number of hydrogen-bond donors (Lipinski definition) is 3. The van der Waals surface area contributed by atoms with E-state index in [2.05, 4.69) is 34.3 Å². The number of anilines is 5. The average molecular weight is 620 g/mol. The number of methoxy groups -OCH3 is 2. The lowest BCUT2D eigenvalue weighted by atomic mass is 10.2. The standard InChI is InChI=1S/C31H37N7O5S/c1-21(2)37-14-12-36(13-15-37)20-29(39)32-22-8-7-9-24(16-22)38(44(40)41)31-30(34-27-10-5-6-11-28(27)35-31)33-23-17-25(42-3)19-26(18-23)43-4/h5-11,16-19,21H,12-15,20H2,1-4H3,(H,32,39)(H,33,34)(H,40,41). The van der Waals surface area contributed by atoms with Crippen LogP contribution in [0.5, 0.6) is 11.5 Å². The van der Waals surface area contributed by atoms with E-state index in [1.54, 1.807) is 62.8 Å². The summed E-state index contributed by atoms with van der Waals surface area (Å²) in [7, 11) is 3.10. The Morgan fingerprint density at radius 2 is 1.59 bits per heavy atom. The molecule has 1 fully saturated rings. The number of carbonyl (C=O) groups is 1. The van der Waals surface area contributed by atoms with Gasteiger partial charge in [-0.2, -0.15) is 0 Å². The van der Waals surface area contributed by atoms with E-state index < -0.39 is 11.3 Å². The fourth-order valence-electron chi connectivity index (χ4n) is 5.07. The molecule has 2 heterocycles. The SMILES string of the molecule is COc1cc(Nc2nc3ccccc3nc2N(c2cccc(NC(=O)CN3CCN(C(C)C)CC3)c2)S(=O)O)cc(OC)c1. The van der Waals surface area contributed by atoms with Gasteiger partial charge in [0.05, 0.1) is 37.5 Å². The molecule has 0 bridgehead atoms. The van der Waals surface area contributed by atoms with Crippen LogP contribution in [0.4, 0.5) is 28.7 Å². The average Bonchev–Trinajstić information content (AvgIpc) is 3.01. The van der Waals surface area contributed by atoms with Crippen LogP contribution in [0.2, 0.25) is 0 Å². The highest BCUT2D eigenvalue weighted by molar-refractivity contribution is 7.81. The molecule has 1 aromatic heterocycles. The van der Waals surface area contributed by atoms with Crippen LogP contribution < -0.4 is 24.4 Å². The third kappa shape index (κ3) is 7.42. The second-order valence-corrected chi connectivity index (χ2v) is 11.5. The molecule has 44 heavy (non-hydrogen) atoms. The maximum atomic E-state index is 12.9. The van der Waals surface area contributed by atoms with Gasteiger partial charge in [-0.15, -0.1) is 0 Å². The highest BCUT2D eigenvalue weighted by Gasteiger charge is 2.24. The molecule has 4 aromatic rings. The van der Waals surface area contributed by atoms with Gasteiger partial charge in [0.15, 0.2) is 11.6 Å². The summed E-state index contributed by atoms with van der Waals surface area (Å²) in [5.41, 5.74) is 2.53. The summed E-state index contributed by atoms with van der Waals surface area (Å²) in [5, 5.41) is 6.16. The van der Waals surface area contributed by atoms with E-state index >= 15 is 0 Å². The zero-order valence-corrected chi connectivity index (χ0v) is 26.0. The molecule has 1 atom stereocenters. The minimum absolute atomic E-state index is 0.109. The molecule has 1 amide bonds. The summed E-state index contributed by atoms with van der Waals surface area (Å²) in [6, 6.07) is 19.7. The predicted octanol–water partition coefficient (Wildman–Crippen LogP) is 4.63. The Balaban J connectivity index is 1.44. The number of hydrogen-bond acceptors (Lipinski definition) is 9. The van der Waals surface area contributed by atoms with Gasteiger partial charge in [-0.05, 0) is 44.2 Å². The smallest absolute Gasteiger partial charge is 0.268 e. The maximum absolute atomic E-state index is 12.9. The van der Waals surface area contributed by atoms with Crippen molar-refractivity contribution >= 4 is 56.9 Å². The maximum Gasteiger partial charge on any atom is 0.268 e. The molecule has 232 valence electrons. The van der Waals surface area contributed by atoms with Gasteiger partial charge in [0.25, 0.3) is 11.3 Å². The van der Waals surface area contributed by atoms with Gasteiger partial charge in [-0.3, -0.25) is 19.1 Å². The lowest BCUT2D eigenvalue weighted by Crippen LogP contribution is -2.50. The number of para-hydroxylation sites is 2. The van der Waals surface area contributed by atoms with E-state index in [0.717, 1.165) is 30.5 Å². The van der Waals surface area contributed by atoms with Crippen LogP contribution in [0.1, 0.15) is 13.8 Å². The van der Waals surface area contributed by atoms with Gasteiger partial charge in [-0.25, -0.2) is 18.5 Å². The molecule has 1 unspecified atom stereocenters. The summed E-state index contributed by atoms with van der Waals surface area (Å²) in [5.74, 6) is 1.29. The molecule has 0 aliphatic carbocycles. The lowest BCUT2D eigenvalue weighted by Gasteiger charge is -2.36. The van der Waals surface area contributed by atoms with E-state index in [0.29, 0.717) is 45.6 Å². The fourth-order valence-corrected chi connectivity index (χ4v) is 5.64. The number of nitrogens with one attached hydrogen (secondary N) is 2. The molecule has 3 aromatic carbocycles. The third-order valence-electron chi connectivity index (χ3n) is 7.38. The van der Waals surface area contributed by atoms with Crippen molar-refractivity contribution in [3.05, 3.63) is 66.7 Å². The number of rotatable bonds is 11. The first kappa shape index (κ1) is 31.1. The number of aromatic nitrogens is 2. The molecule has 5 rings (SSSR count). The van der Waals surface area contributed by atoms with Gasteiger partial charge in [0.2, 0.25) is 5.91 Å². The van der Waals surface area contributed by atoms with Crippen LogP contribution in [0.3, 0.4) is 0 Å². The molecule has 0 radical (unpaired) electrons. The molecule has 13 heteroatoms. The van der Waals surface area contributed by atoms with Crippen LogP contribution in [-0.2, 0) is 16.1 Å². The van der Waals surface area contributed by atoms with E-state index in [4.69, 9.17) is 19.4 Å². The van der Waals surface area contributed by atoms with Gasteiger partial charge < -0.3 is 20.1 Å². The van der Waals surface area contributed by atoms with Gasteiger partial charge in [0.1, 0.15) is 11.5 Å². The van der Waals surface area contributed by atoms with Gasteiger partial charge in [-0.1, -0.05) is 18.2 Å². The summed E-state index contributed by atoms with van der Waals surface area (Å²) < 4.78 is 35.4.